The molecule has 0 bridgehead atoms. The maximum Gasteiger partial charge on any atom is 0.326 e. The molecule has 5 N–H and O–H groups in total. The van der Waals surface area contributed by atoms with E-state index in [9.17, 15) is 10.2 Å². The SMILES string of the molecule is C=C(C1CC[C@@](CC)(OC)C1)[C@](C(=O)OC)(c1cc2c(cc1OC)N(C)C1[C@H](O)[C@H](O)[C@]3(CC)C=CCN4CC[C@]21C43)c1[nH]c2ccccc2c1CCN. The summed E-state index contributed by atoms with van der Waals surface area (Å²) < 4.78 is 18.5. The molecule has 9 atom stereocenters. The molecule has 2 aliphatic carbocycles. The topological polar surface area (TPSA) is 134 Å². The number of H-pyrrole nitrogens is 1. The van der Waals surface area contributed by atoms with Crippen LogP contribution in [0.2, 0.25) is 0 Å². The molecule has 1 aromatic heterocycles. The van der Waals surface area contributed by atoms with Crippen molar-refractivity contribution in [3.63, 3.8) is 0 Å². The fourth-order valence-corrected chi connectivity index (χ4v) is 12.4. The van der Waals surface area contributed by atoms with Gasteiger partial charge in [0.1, 0.15) is 11.9 Å². The van der Waals surface area contributed by atoms with Crippen LogP contribution in [0.15, 0.2) is 60.7 Å². The highest BCUT2D eigenvalue weighted by atomic mass is 16.5. The van der Waals surface area contributed by atoms with E-state index in [-0.39, 0.29) is 23.6 Å². The van der Waals surface area contributed by atoms with Crippen LogP contribution in [0.3, 0.4) is 0 Å². The maximum atomic E-state index is 15.3. The summed E-state index contributed by atoms with van der Waals surface area (Å²) in [7, 11) is 6.90. The number of hydrogen-bond acceptors (Lipinski definition) is 9. The normalized spacial score (nSPS) is 33.7. The van der Waals surface area contributed by atoms with E-state index >= 15 is 4.79 Å². The number of fused-ring (bicyclic) bond motifs is 2. The number of esters is 1. The number of likely N-dealkylation sites (N-methyl/N-ethyl adjacent to an activating group) is 1. The Bertz CT molecular complexity index is 2000. The van der Waals surface area contributed by atoms with Crippen LogP contribution in [0.5, 0.6) is 5.75 Å². The lowest BCUT2D eigenvalue weighted by atomic mass is 9.51. The molecule has 2 aromatic carbocycles. The van der Waals surface area contributed by atoms with Gasteiger partial charge in [0.15, 0.2) is 5.41 Å². The van der Waals surface area contributed by atoms with E-state index in [0.29, 0.717) is 36.4 Å². The number of ether oxygens (including phenoxy) is 3. The standard InChI is InChI=1S/C44H58N4O6/c1-8-41(54-7)18-15-27(25-41)26(3)44(40(51)53-6,36-29(16-20-45)28-13-10-11-14-32(28)46-36)31-23-30-33(24-34(31)52-5)47(4)37-35(49)38(50)42(9-2)17-12-21-48-22-19-43(30,37)39(42)48/h10-14,17,23-24,27,35,37-39,46,49-50H,3,8-9,15-16,18-22,25,45H2,1-2,4-7H3/t27?,35-,37?,38-,39?,41+,42-,43-,44-/m0/s1. The van der Waals surface area contributed by atoms with Crippen molar-refractivity contribution in [1.29, 1.82) is 0 Å². The fraction of sp³-hybridized carbons (Fsp3) is 0.568. The number of anilines is 1. The molecule has 3 aliphatic heterocycles. The van der Waals surface area contributed by atoms with Crippen molar-refractivity contribution >= 4 is 22.6 Å². The number of nitrogens with zero attached hydrogens (tertiary/aromatic N) is 2. The zero-order valence-electron chi connectivity index (χ0n) is 32.8. The number of nitrogens with two attached hydrogens (primary N) is 1. The number of aromatic amines is 1. The van der Waals surface area contributed by atoms with E-state index in [2.05, 4.69) is 52.9 Å². The first-order valence-corrected chi connectivity index (χ1v) is 19.9. The van der Waals surface area contributed by atoms with Gasteiger partial charge in [0.2, 0.25) is 0 Å². The first-order chi connectivity index (χ1) is 26.0. The summed E-state index contributed by atoms with van der Waals surface area (Å²) in [5.74, 6) is 0.0109. The number of benzene rings is 2. The molecular formula is C44H58N4O6. The number of nitrogens with one attached hydrogen (secondary N) is 1. The minimum atomic E-state index is -1.52. The second-order valence-electron chi connectivity index (χ2n) is 16.6. The third-order valence-electron chi connectivity index (χ3n) is 15.0. The van der Waals surface area contributed by atoms with E-state index in [1.165, 1.54) is 7.11 Å². The van der Waals surface area contributed by atoms with Gasteiger partial charge in [0.25, 0.3) is 0 Å². The average molecular weight is 739 g/mol. The number of aliphatic hydroxyl groups is 2. The Labute approximate surface area is 319 Å². The Morgan fingerprint density at radius 3 is 2.57 bits per heavy atom. The Hall–Kier alpha value is -3.67. The van der Waals surface area contributed by atoms with Crippen LogP contribution in [0.4, 0.5) is 5.69 Å². The van der Waals surface area contributed by atoms with Crippen LogP contribution < -0.4 is 15.4 Å². The van der Waals surface area contributed by atoms with Gasteiger partial charge >= 0.3 is 5.97 Å². The van der Waals surface area contributed by atoms with E-state index < -0.39 is 34.4 Å². The van der Waals surface area contributed by atoms with Crippen LogP contribution >= 0.6 is 0 Å². The molecule has 3 fully saturated rings. The number of methoxy groups -OCH3 is 3. The third kappa shape index (κ3) is 4.61. The minimum Gasteiger partial charge on any atom is -0.496 e. The fourth-order valence-electron chi connectivity index (χ4n) is 12.4. The quantitative estimate of drug-likeness (QED) is 0.156. The molecular weight excluding hydrogens is 681 g/mol. The Balaban J connectivity index is 1.46. The van der Waals surface area contributed by atoms with Crippen LogP contribution in [-0.2, 0) is 31.5 Å². The summed E-state index contributed by atoms with van der Waals surface area (Å²) in [5.41, 5.74) is 9.27. The van der Waals surface area contributed by atoms with Crippen LogP contribution in [-0.4, -0.2) is 104 Å². The number of carbonyl (C=O) groups is 1. The largest absolute Gasteiger partial charge is 0.496 e. The molecule has 1 saturated heterocycles. The van der Waals surface area contributed by atoms with E-state index in [1.807, 2.05) is 31.3 Å². The second-order valence-corrected chi connectivity index (χ2v) is 16.6. The van der Waals surface area contributed by atoms with Crippen molar-refractivity contribution in [2.45, 2.75) is 99.5 Å². The van der Waals surface area contributed by atoms with Crippen molar-refractivity contribution in [2.75, 3.05) is 52.9 Å². The first-order valence-electron chi connectivity index (χ1n) is 19.9. The van der Waals surface area contributed by atoms with Gasteiger partial charge in [-0.15, -0.1) is 0 Å². The highest BCUT2D eigenvalue weighted by Crippen LogP contribution is 2.66. The molecule has 8 rings (SSSR count). The van der Waals surface area contributed by atoms with Gasteiger partial charge in [-0.05, 0) is 92.8 Å². The van der Waals surface area contributed by atoms with Gasteiger partial charge in [-0.2, -0.15) is 0 Å². The molecule has 10 heteroatoms. The van der Waals surface area contributed by atoms with Crippen LogP contribution in [0, 0.1) is 11.3 Å². The summed E-state index contributed by atoms with van der Waals surface area (Å²) >= 11 is 0. The highest BCUT2D eigenvalue weighted by molar-refractivity contribution is 5.97. The number of carbonyl (C=O) groups excluding carboxylic acids is 1. The van der Waals surface area contributed by atoms with Crippen molar-refractivity contribution in [3.8, 4) is 5.75 Å². The predicted octanol–water partition coefficient (Wildman–Crippen LogP) is 5.12. The smallest absolute Gasteiger partial charge is 0.326 e. The second kappa shape index (κ2) is 13.2. The molecule has 3 unspecified atom stereocenters. The summed E-state index contributed by atoms with van der Waals surface area (Å²) in [6.45, 7) is 11.2. The Kier molecular flexibility index (Phi) is 9.13. The van der Waals surface area contributed by atoms with Crippen molar-refractivity contribution in [2.24, 2.45) is 17.1 Å². The van der Waals surface area contributed by atoms with Crippen molar-refractivity contribution in [1.82, 2.24) is 9.88 Å². The summed E-state index contributed by atoms with van der Waals surface area (Å²) in [5, 5.41) is 25.2. The predicted molar refractivity (Wildman–Crippen MR) is 211 cm³/mol. The number of hydrogen-bond donors (Lipinski definition) is 4. The van der Waals surface area contributed by atoms with Gasteiger partial charge in [-0.1, -0.05) is 50.8 Å². The highest BCUT2D eigenvalue weighted by Gasteiger charge is 2.72. The Morgan fingerprint density at radius 2 is 1.91 bits per heavy atom. The lowest BCUT2D eigenvalue weighted by Crippen LogP contribution is -2.73. The van der Waals surface area contributed by atoms with Crippen LogP contribution in [0.1, 0.15) is 74.8 Å². The van der Waals surface area contributed by atoms with E-state index in [4.69, 9.17) is 26.5 Å². The number of para-hydroxylation sites is 1. The van der Waals surface area contributed by atoms with Crippen LogP contribution in [0.25, 0.3) is 10.9 Å². The lowest BCUT2D eigenvalue weighted by Gasteiger charge is -2.60. The van der Waals surface area contributed by atoms with Crippen molar-refractivity contribution in [3.05, 3.63) is 83.1 Å². The summed E-state index contributed by atoms with van der Waals surface area (Å²) in [6, 6.07) is 11.9. The molecule has 54 heavy (non-hydrogen) atoms. The van der Waals surface area contributed by atoms with Gasteiger partial charge in [-0.3, -0.25) is 9.69 Å². The first kappa shape index (κ1) is 37.3. The molecule has 290 valence electrons. The molecule has 5 aliphatic rings. The monoisotopic (exact) mass is 738 g/mol. The maximum absolute atomic E-state index is 15.3. The number of aromatic nitrogens is 1. The van der Waals surface area contributed by atoms with E-state index in [1.54, 1.807) is 14.2 Å². The molecule has 0 radical (unpaired) electrons. The van der Waals surface area contributed by atoms with Gasteiger partial charge < -0.3 is 40.0 Å². The van der Waals surface area contributed by atoms with E-state index in [0.717, 1.165) is 78.5 Å². The molecule has 3 aromatic rings. The zero-order chi connectivity index (χ0) is 38.4. The molecule has 10 nitrogen and oxygen atoms in total. The molecule has 4 heterocycles. The minimum absolute atomic E-state index is 0.0633. The molecule has 0 amide bonds. The lowest BCUT2D eigenvalue weighted by molar-refractivity contribution is -0.145. The average Bonchev–Trinajstić information content (AvgIpc) is 3.97. The van der Waals surface area contributed by atoms with Gasteiger partial charge in [0.05, 0.1) is 32.0 Å². The molecule has 2 saturated carbocycles. The number of rotatable bonds is 11. The van der Waals surface area contributed by atoms with Gasteiger partial charge in [-0.25, -0.2) is 0 Å². The van der Waals surface area contributed by atoms with Gasteiger partial charge in [0, 0.05) is 71.5 Å². The molecule has 1 spiro atoms. The zero-order valence-corrected chi connectivity index (χ0v) is 32.8. The number of aliphatic hydroxyl groups excluding tert-OH is 2. The van der Waals surface area contributed by atoms with Crippen molar-refractivity contribution < 1.29 is 29.2 Å². The third-order valence-corrected chi connectivity index (χ3v) is 15.0. The summed E-state index contributed by atoms with van der Waals surface area (Å²) in [4.78, 5) is 23.7. The summed E-state index contributed by atoms with van der Waals surface area (Å²) in [6.07, 6.45) is 7.62. The Morgan fingerprint density at radius 1 is 1.13 bits per heavy atom.